The highest BCUT2D eigenvalue weighted by atomic mass is 35.5. The fourth-order valence-electron chi connectivity index (χ4n) is 1.61. The standard InChI is InChI=1S/C14H14ClNS/c1-10(11-5-4-6-12(16)9-11)17-14-8-3-2-7-13(14)15/h2-10H,16H2,1H3. The second kappa shape index (κ2) is 5.48. The molecule has 0 saturated carbocycles. The Bertz CT molecular complexity index is 513. The first-order chi connectivity index (χ1) is 8.16. The van der Waals surface area contributed by atoms with Crippen LogP contribution < -0.4 is 5.73 Å². The Balaban J connectivity index is 2.17. The Morgan fingerprint density at radius 2 is 1.88 bits per heavy atom. The molecule has 0 fully saturated rings. The number of halogens is 1. The van der Waals surface area contributed by atoms with Crippen molar-refractivity contribution < 1.29 is 0 Å². The lowest BCUT2D eigenvalue weighted by Gasteiger charge is -2.13. The molecule has 88 valence electrons. The van der Waals surface area contributed by atoms with Gasteiger partial charge in [-0.2, -0.15) is 0 Å². The van der Waals surface area contributed by atoms with E-state index < -0.39 is 0 Å². The third-order valence-electron chi connectivity index (χ3n) is 2.52. The highest BCUT2D eigenvalue weighted by molar-refractivity contribution is 7.99. The smallest absolute Gasteiger partial charge is 0.0542 e. The molecule has 1 unspecified atom stereocenters. The van der Waals surface area contributed by atoms with Gasteiger partial charge in [0.25, 0.3) is 0 Å². The van der Waals surface area contributed by atoms with Crippen LogP contribution in [-0.4, -0.2) is 0 Å². The maximum Gasteiger partial charge on any atom is 0.0542 e. The Kier molecular flexibility index (Phi) is 3.97. The average Bonchev–Trinajstić information content (AvgIpc) is 2.32. The largest absolute Gasteiger partial charge is 0.399 e. The van der Waals surface area contributed by atoms with Crippen molar-refractivity contribution in [2.75, 3.05) is 5.73 Å². The van der Waals surface area contributed by atoms with Crippen molar-refractivity contribution in [2.24, 2.45) is 0 Å². The van der Waals surface area contributed by atoms with Gasteiger partial charge in [0.05, 0.1) is 5.02 Å². The van der Waals surface area contributed by atoms with E-state index in [9.17, 15) is 0 Å². The van der Waals surface area contributed by atoms with E-state index in [1.54, 1.807) is 11.8 Å². The predicted octanol–water partition coefficient (Wildman–Crippen LogP) is 4.78. The van der Waals surface area contributed by atoms with Gasteiger partial charge in [-0.15, -0.1) is 11.8 Å². The molecule has 0 bridgehead atoms. The topological polar surface area (TPSA) is 26.0 Å². The third kappa shape index (κ3) is 3.18. The van der Waals surface area contributed by atoms with E-state index in [0.717, 1.165) is 15.6 Å². The molecule has 2 N–H and O–H groups in total. The van der Waals surface area contributed by atoms with E-state index >= 15 is 0 Å². The molecule has 0 amide bonds. The minimum Gasteiger partial charge on any atom is -0.399 e. The lowest BCUT2D eigenvalue weighted by atomic mass is 10.1. The maximum absolute atomic E-state index is 6.14. The van der Waals surface area contributed by atoms with Crippen LogP contribution in [0, 0.1) is 0 Å². The van der Waals surface area contributed by atoms with Gasteiger partial charge in [-0.25, -0.2) is 0 Å². The zero-order valence-corrected chi connectivity index (χ0v) is 11.1. The second-order valence-electron chi connectivity index (χ2n) is 3.86. The van der Waals surface area contributed by atoms with Crippen molar-refractivity contribution in [2.45, 2.75) is 17.1 Å². The van der Waals surface area contributed by atoms with Crippen molar-refractivity contribution in [3.05, 3.63) is 59.1 Å². The first-order valence-electron chi connectivity index (χ1n) is 5.43. The summed E-state index contributed by atoms with van der Waals surface area (Å²) in [4.78, 5) is 1.10. The van der Waals surface area contributed by atoms with E-state index in [4.69, 9.17) is 17.3 Å². The van der Waals surface area contributed by atoms with E-state index in [1.807, 2.05) is 42.5 Å². The van der Waals surface area contributed by atoms with Crippen molar-refractivity contribution in [3.63, 3.8) is 0 Å². The Labute approximate surface area is 111 Å². The van der Waals surface area contributed by atoms with Crippen molar-refractivity contribution >= 4 is 29.1 Å². The van der Waals surface area contributed by atoms with Crippen LogP contribution in [0.3, 0.4) is 0 Å². The zero-order chi connectivity index (χ0) is 12.3. The summed E-state index contributed by atoms with van der Waals surface area (Å²) >= 11 is 7.89. The summed E-state index contributed by atoms with van der Waals surface area (Å²) in [6, 6.07) is 15.9. The first kappa shape index (κ1) is 12.3. The number of rotatable bonds is 3. The molecule has 0 aromatic heterocycles. The first-order valence-corrected chi connectivity index (χ1v) is 6.69. The van der Waals surface area contributed by atoms with Crippen LogP contribution in [-0.2, 0) is 0 Å². The lowest BCUT2D eigenvalue weighted by molar-refractivity contribution is 1.10. The van der Waals surface area contributed by atoms with Gasteiger partial charge in [-0.3, -0.25) is 0 Å². The van der Waals surface area contributed by atoms with E-state index in [1.165, 1.54) is 5.56 Å². The van der Waals surface area contributed by atoms with Gasteiger partial charge >= 0.3 is 0 Å². The minimum atomic E-state index is 0.332. The summed E-state index contributed by atoms with van der Waals surface area (Å²) in [5.41, 5.74) is 7.80. The van der Waals surface area contributed by atoms with Crippen LogP contribution >= 0.6 is 23.4 Å². The SMILES string of the molecule is CC(Sc1ccccc1Cl)c1cccc(N)c1. The molecule has 1 atom stereocenters. The Morgan fingerprint density at radius 3 is 2.59 bits per heavy atom. The van der Waals surface area contributed by atoms with Crippen molar-refractivity contribution in [1.29, 1.82) is 0 Å². The maximum atomic E-state index is 6.14. The van der Waals surface area contributed by atoms with Gasteiger partial charge in [0, 0.05) is 15.8 Å². The molecule has 1 nitrogen and oxygen atoms in total. The van der Waals surface area contributed by atoms with Crippen molar-refractivity contribution in [1.82, 2.24) is 0 Å². The predicted molar refractivity (Wildman–Crippen MR) is 76.6 cm³/mol. The molecule has 0 spiro atoms. The summed E-state index contributed by atoms with van der Waals surface area (Å²) in [7, 11) is 0. The molecule has 0 aliphatic carbocycles. The molecule has 2 aromatic carbocycles. The molecule has 2 rings (SSSR count). The molecule has 2 aromatic rings. The van der Waals surface area contributed by atoms with Gasteiger partial charge in [0.2, 0.25) is 0 Å². The highest BCUT2D eigenvalue weighted by Gasteiger charge is 2.09. The summed E-state index contributed by atoms with van der Waals surface area (Å²) in [6.45, 7) is 2.16. The normalized spacial score (nSPS) is 12.4. The fourth-order valence-corrected chi connectivity index (χ4v) is 2.88. The Morgan fingerprint density at radius 1 is 1.12 bits per heavy atom. The Hall–Kier alpha value is -1.12. The monoisotopic (exact) mass is 263 g/mol. The number of benzene rings is 2. The summed E-state index contributed by atoms with van der Waals surface area (Å²) in [6.07, 6.45) is 0. The zero-order valence-electron chi connectivity index (χ0n) is 9.56. The molecular weight excluding hydrogens is 250 g/mol. The molecule has 0 heterocycles. The quantitative estimate of drug-likeness (QED) is 0.637. The lowest BCUT2D eigenvalue weighted by Crippen LogP contribution is -1.91. The molecule has 0 aliphatic heterocycles. The molecule has 17 heavy (non-hydrogen) atoms. The number of nitrogens with two attached hydrogens (primary N) is 1. The molecule has 3 heteroatoms. The summed E-state index contributed by atoms with van der Waals surface area (Å²) < 4.78 is 0. The van der Waals surface area contributed by atoms with Crippen LogP contribution in [0.4, 0.5) is 5.69 Å². The molecule has 0 radical (unpaired) electrons. The third-order valence-corrected chi connectivity index (χ3v) is 4.20. The van der Waals surface area contributed by atoms with Gasteiger partial charge in [0.15, 0.2) is 0 Å². The van der Waals surface area contributed by atoms with Crippen molar-refractivity contribution in [3.8, 4) is 0 Å². The average molecular weight is 264 g/mol. The fraction of sp³-hybridized carbons (Fsp3) is 0.143. The number of nitrogen functional groups attached to an aromatic ring is 1. The van der Waals surface area contributed by atoms with E-state index in [0.29, 0.717) is 5.25 Å². The molecule has 0 saturated heterocycles. The second-order valence-corrected chi connectivity index (χ2v) is 5.65. The summed E-state index contributed by atoms with van der Waals surface area (Å²) in [5.74, 6) is 0. The van der Waals surface area contributed by atoms with Gasteiger partial charge in [0.1, 0.15) is 0 Å². The number of hydrogen-bond donors (Lipinski definition) is 1. The van der Waals surface area contributed by atoms with Gasteiger partial charge in [-0.05, 0) is 36.8 Å². The number of thioether (sulfide) groups is 1. The van der Waals surface area contributed by atoms with Crippen LogP contribution in [0.2, 0.25) is 5.02 Å². The summed E-state index contributed by atoms with van der Waals surface area (Å²) in [5, 5.41) is 1.13. The number of anilines is 1. The molecule has 0 aliphatic rings. The van der Waals surface area contributed by atoms with Gasteiger partial charge < -0.3 is 5.73 Å². The van der Waals surface area contributed by atoms with E-state index in [-0.39, 0.29) is 0 Å². The molecular formula is C14H14ClNS. The van der Waals surface area contributed by atoms with Crippen LogP contribution in [0.5, 0.6) is 0 Å². The van der Waals surface area contributed by atoms with Crippen LogP contribution in [0.15, 0.2) is 53.4 Å². The highest BCUT2D eigenvalue weighted by Crippen LogP contribution is 2.38. The van der Waals surface area contributed by atoms with Crippen LogP contribution in [0.25, 0.3) is 0 Å². The van der Waals surface area contributed by atoms with E-state index in [2.05, 4.69) is 13.0 Å². The van der Waals surface area contributed by atoms with Crippen LogP contribution in [0.1, 0.15) is 17.7 Å². The number of hydrogen-bond acceptors (Lipinski definition) is 2. The van der Waals surface area contributed by atoms with Gasteiger partial charge in [-0.1, -0.05) is 35.9 Å². The minimum absolute atomic E-state index is 0.332.